The van der Waals surface area contributed by atoms with Crippen molar-refractivity contribution in [3.63, 3.8) is 0 Å². The van der Waals surface area contributed by atoms with Crippen molar-refractivity contribution < 1.29 is 71.7 Å². The van der Waals surface area contributed by atoms with Gasteiger partial charge in [0.15, 0.2) is 57.6 Å². The topological polar surface area (TPSA) is 193 Å². The van der Waals surface area contributed by atoms with E-state index >= 15 is 0 Å². The lowest BCUT2D eigenvalue weighted by Gasteiger charge is -2.24. The molecule has 4 aromatic carbocycles. The number of esters is 1. The number of hydrogen-bond acceptors (Lipinski definition) is 15. The summed E-state index contributed by atoms with van der Waals surface area (Å²) in [7, 11) is 12.2. The van der Waals surface area contributed by atoms with Crippen molar-refractivity contribution in [1.82, 2.24) is 5.32 Å². The molecule has 0 aliphatic heterocycles. The number of carbonyl (C=O) groups is 4. The minimum absolute atomic E-state index is 0.00147. The molecule has 0 saturated carbocycles. The molecule has 1 amide bonds. The van der Waals surface area contributed by atoms with Gasteiger partial charge in [-0.3, -0.25) is 9.59 Å². The summed E-state index contributed by atoms with van der Waals surface area (Å²) in [4.78, 5) is 51.1. The van der Waals surface area contributed by atoms with Crippen LogP contribution in [-0.4, -0.2) is 97.3 Å². The molecule has 16 nitrogen and oxygen atoms in total. The molecule has 6 rings (SSSR count). The summed E-state index contributed by atoms with van der Waals surface area (Å²) in [6.45, 7) is 9.09. The second-order valence-electron chi connectivity index (χ2n) is 17.4. The molecule has 0 saturated heterocycles. The van der Waals surface area contributed by atoms with Crippen LogP contribution in [0, 0.1) is 5.92 Å². The fourth-order valence-corrected chi connectivity index (χ4v) is 8.10. The molecule has 69 heavy (non-hydrogen) atoms. The van der Waals surface area contributed by atoms with E-state index in [0.717, 1.165) is 22.3 Å². The Kier molecular flexibility index (Phi) is 17.6. The van der Waals surface area contributed by atoms with Crippen LogP contribution < -0.4 is 47.9 Å². The van der Waals surface area contributed by atoms with Gasteiger partial charge in [-0.2, -0.15) is 0 Å². The fraction of sp³-hybridized carbons (Fsp3) is 0.396. The molecule has 0 unspecified atom stereocenters. The third-order valence-corrected chi connectivity index (χ3v) is 11.2. The second kappa shape index (κ2) is 23.1. The Bertz CT molecular complexity index is 2620. The average Bonchev–Trinajstić information content (AvgIpc) is 3.59. The summed E-state index contributed by atoms with van der Waals surface area (Å²) in [5.74, 6) is 3.03. The molecule has 2 aliphatic carbocycles. The van der Waals surface area contributed by atoms with Crippen molar-refractivity contribution in [2.24, 2.45) is 5.92 Å². The number of alkyl carbamates (subject to hydrolysis) is 1. The SMILES string of the molecule is COc1ccc(C2=CC(=O)CCc3c2cc(OC)c(OC)c3OC)cc1O.COc1ccc(C2=CC(=O)CCc3c2cc(OC)c(OC)c3OC)cc1OC(=O)[C@H](CC(C)C)NC(=O)OC(C)(C)C. The van der Waals surface area contributed by atoms with E-state index in [9.17, 15) is 24.3 Å². The van der Waals surface area contributed by atoms with E-state index in [0.29, 0.717) is 94.0 Å². The van der Waals surface area contributed by atoms with Gasteiger partial charge in [0.1, 0.15) is 11.6 Å². The number of phenolic OH excluding ortho intramolecular Hbond substituents is 1. The zero-order valence-electron chi connectivity index (χ0n) is 41.6. The highest BCUT2D eigenvalue weighted by atomic mass is 16.6. The first-order chi connectivity index (χ1) is 32.8. The molecule has 0 bridgehead atoms. The van der Waals surface area contributed by atoms with Gasteiger partial charge in [0.05, 0.1) is 56.9 Å². The molecule has 0 fully saturated rings. The maximum atomic E-state index is 13.4. The lowest BCUT2D eigenvalue weighted by atomic mass is 9.92. The van der Waals surface area contributed by atoms with E-state index in [1.807, 2.05) is 19.9 Å². The number of nitrogens with one attached hydrogen (secondary N) is 1. The maximum Gasteiger partial charge on any atom is 0.408 e. The first-order valence-electron chi connectivity index (χ1n) is 22.3. The van der Waals surface area contributed by atoms with E-state index in [2.05, 4.69) is 5.32 Å². The Labute approximate surface area is 403 Å². The molecule has 16 heteroatoms. The third kappa shape index (κ3) is 12.4. The molecule has 0 radical (unpaired) electrons. The number of phenols is 1. The second-order valence-corrected chi connectivity index (χ2v) is 17.4. The number of ether oxygens (including phenoxy) is 10. The third-order valence-electron chi connectivity index (χ3n) is 11.2. The van der Waals surface area contributed by atoms with E-state index < -0.39 is 23.7 Å². The van der Waals surface area contributed by atoms with Gasteiger partial charge >= 0.3 is 12.1 Å². The van der Waals surface area contributed by atoms with Gasteiger partial charge in [0.2, 0.25) is 11.5 Å². The molecule has 2 N–H and O–H groups in total. The highest BCUT2D eigenvalue weighted by Gasteiger charge is 2.31. The molecular weight excluding hydrogens is 891 g/mol. The van der Waals surface area contributed by atoms with Crippen LogP contribution in [0.4, 0.5) is 4.79 Å². The molecule has 0 heterocycles. The van der Waals surface area contributed by atoms with Crippen molar-refractivity contribution >= 4 is 34.8 Å². The van der Waals surface area contributed by atoms with E-state index in [-0.39, 0.29) is 35.4 Å². The lowest BCUT2D eigenvalue weighted by Crippen LogP contribution is -2.45. The van der Waals surface area contributed by atoms with Gasteiger partial charge in [-0.15, -0.1) is 0 Å². The van der Waals surface area contributed by atoms with Gasteiger partial charge < -0.3 is 57.8 Å². The largest absolute Gasteiger partial charge is 0.504 e. The standard InChI is InChI=1S/C32H41NO9.C21H22O6/c1-18(2)14-24(33-31(36)42-32(3,4)5)30(35)41-26-15-19(10-13-25(26)37-6)22-16-20(34)11-12-21-23(22)17-27(38-7)29(40-9)28(21)39-8;1-24-18-8-5-12(9-17(18)23)15-10-13(22)6-7-14-16(15)11-19(25-2)21(27-4)20(14)26-3/h10,13,15-18,24H,11-12,14H2,1-9H3,(H,33,36);5,8-11,23H,6-7H2,1-4H3/t24-;/m0./s1. The summed E-state index contributed by atoms with van der Waals surface area (Å²) in [6.07, 6.45) is 4.34. The van der Waals surface area contributed by atoms with Crippen molar-refractivity contribution in [1.29, 1.82) is 0 Å². The van der Waals surface area contributed by atoms with Crippen molar-refractivity contribution in [2.75, 3.05) is 56.9 Å². The predicted molar refractivity (Wildman–Crippen MR) is 259 cm³/mol. The Morgan fingerprint density at radius 3 is 1.43 bits per heavy atom. The summed E-state index contributed by atoms with van der Waals surface area (Å²) in [5.41, 5.74) is 5.03. The van der Waals surface area contributed by atoms with Crippen LogP contribution in [0.5, 0.6) is 57.5 Å². The van der Waals surface area contributed by atoms with Crippen molar-refractivity contribution in [3.8, 4) is 57.5 Å². The maximum absolute atomic E-state index is 13.4. The summed E-state index contributed by atoms with van der Waals surface area (Å²) in [6, 6.07) is 12.8. The fourth-order valence-electron chi connectivity index (χ4n) is 8.10. The average molecular weight is 954 g/mol. The highest BCUT2D eigenvalue weighted by molar-refractivity contribution is 6.04. The van der Waals surface area contributed by atoms with Crippen molar-refractivity contribution in [3.05, 3.63) is 94.1 Å². The molecule has 0 spiro atoms. The minimum atomic E-state index is -0.964. The number of rotatable bonds is 15. The van der Waals surface area contributed by atoms with Crippen LogP contribution in [0.25, 0.3) is 11.1 Å². The van der Waals surface area contributed by atoms with Crippen LogP contribution in [0.2, 0.25) is 0 Å². The Hall–Kier alpha value is -7.36. The molecular formula is C53H63NO15. The quantitative estimate of drug-likeness (QED) is 0.0847. The van der Waals surface area contributed by atoms with E-state index in [1.54, 1.807) is 96.7 Å². The van der Waals surface area contributed by atoms with Crippen LogP contribution >= 0.6 is 0 Å². The van der Waals surface area contributed by atoms with Crippen molar-refractivity contribution in [2.45, 2.75) is 78.4 Å². The normalized spacial score (nSPS) is 13.6. The first kappa shape index (κ1) is 52.6. The van der Waals surface area contributed by atoms with Gasteiger partial charge in [-0.25, -0.2) is 9.59 Å². The number of allylic oxidation sites excluding steroid dienone is 2. The number of carbonyl (C=O) groups excluding carboxylic acids is 4. The molecule has 1 atom stereocenters. The molecule has 0 aromatic heterocycles. The smallest absolute Gasteiger partial charge is 0.408 e. The van der Waals surface area contributed by atoms with Gasteiger partial charge in [0.25, 0.3) is 0 Å². The zero-order valence-corrected chi connectivity index (χ0v) is 41.6. The molecule has 4 aromatic rings. The van der Waals surface area contributed by atoms with Crippen LogP contribution in [-0.2, 0) is 32.0 Å². The Morgan fingerprint density at radius 2 is 1.03 bits per heavy atom. The van der Waals surface area contributed by atoms with Crippen LogP contribution in [0.3, 0.4) is 0 Å². The Morgan fingerprint density at radius 1 is 0.580 bits per heavy atom. The summed E-state index contributed by atoms with van der Waals surface area (Å²) < 4.78 is 55.2. The molecule has 2 aliphatic rings. The monoisotopic (exact) mass is 953 g/mol. The summed E-state index contributed by atoms with van der Waals surface area (Å²) in [5, 5.41) is 12.8. The summed E-state index contributed by atoms with van der Waals surface area (Å²) >= 11 is 0. The minimum Gasteiger partial charge on any atom is -0.504 e. The number of amides is 1. The number of benzene rings is 4. The van der Waals surface area contributed by atoms with Gasteiger partial charge in [0, 0.05) is 24.0 Å². The lowest BCUT2D eigenvalue weighted by molar-refractivity contribution is -0.137. The predicted octanol–water partition coefficient (Wildman–Crippen LogP) is 8.89. The number of fused-ring (bicyclic) bond motifs is 2. The van der Waals surface area contributed by atoms with Gasteiger partial charge in [-0.05, 0) is 128 Å². The zero-order chi connectivity index (χ0) is 50.7. The number of hydrogen-bond donors (Lipinski definition) is 2. The Balaban J connectivity index is 0.000000282. The number of aromatic hydroxyl groups is 1. The number of ketones is 2. The highest BCUT2D eigenvalue weighted by Crippen LogP contribution is 2.49. The first-order valence-corrected chi connectivity index (χ1v) is 22.3. The van der Waals surface area contributed by atoms with Crippen LogP contribution in [0.1, 0.15) is 87.3 Å². The van der Waals surface area contributed by atoms with E-state index in [1.165, 1.54) is 35.5 Å². The number of methoxy groups -OCH3 is 8. The molecule has 370 valence electrons. The van der Waals surface area contributed by atoms with Crippen LogP contribution in [0.15, 0.2) is 60.7 Å². The van der Waals surface area contributed by atoms with Gasteiger partial charge in [-0.1, -0.05) is 26.0 Å². The van der Waals surface area contributed by atoms with E-state index in [4.69, 9.17) is 47.4 Å².